The van der Waals surface area contributed by atoms with E-state index in [-0.39, 0.29) is 5.56 Å². The fourth-order valence-electron chi connectivity index (χ4n) is 2.26. The van der Waals surface area contributed by atoms with Crippen LogP contribution in [0, 0.1) is 0 Å². The number of carbonyl (C=O) groups is 1. The van der Waals surface area contributed by atoms with Gasteiger partial charge in [-0.3, -0.25) is 0 Å². The third-order valence-corrected chi connectivity index (χ3v) is 3.50. The molecule has 1 heterocycles. The van der Waals surface area contributed by atoms with Crippen LogP contribution in [0.5, 0.6) is 17.2 Å². The van der Waals surface area contributed by atoms with Crippen molar-refractivity contribution in [2.75, 3.05) is 0 Å². The summed E-state index contributed by atoms with van der Waals surface area (Å²) in [6.07, 6.45) is 3.26. The predicted molar refractivity (Wildman–Crippen MR) is 89.1 cm³/mol. The van der Waals surface area contributed by atoms with Crippen LogP contribution in [0.2, 0.25) is 0 Å². The number of pyridine rings is 1. The van der Waals surface area contributed by atoms with Gasteiger partial charge in [-0.1, -0.05) is 18.2 Å². The summed E-state index contributed by atoms with van der Waals surface area (Å²) in [4.78, 5) is 15.4. The number of aromatic hydroxyl groups is 3. The highest BCUT2D eigenvalue weighted by Gasteiger charge is 2.07. The highest BCUT2D eigenvalue weighted by Crippen LogP contribution is 2.35. The number of hydrogen-bond acceptors (Lipinski definition) is 5. The van der Waals surface area contributed by atoms with Gasteiger partial charge in [-0.25, -0.2) is 9.78 Å². The van der Waals surface area contributed by atoms with Gasteiger partial charge >= 0.3 is 5.97 Å². The van der Waals surface area contributed by atoms with Crippen LogP contribution in [0.1, 0.15) is 21.6 Å². The Kier molecular flexibility index (Phi) is 3.79. The Hall–Kier alpha value is -3.54. The van der Waals surface area contributed by atoms with Crippen molar-refractivity contribution in [1.29, 1.82) is 0 Å². The highest BCUT2D eigenvalue weighted by molar-refractivity contribution is 5.93. The van der Waals surface area contributed by atoms with Crippen LogP contribution in [0.15, 0.2) is 42.5 Å². The molecule has 0 aliphatic carbocycles. The summed E-state index contributed by atoms with van der Waals surface area (Å²) in [6, 6.07) is 10.9. The van der Waals surface area contributed by atoms with E-state index in [1.54, 1.807) is 24.3 Å². The van der Waals surface area contributed by atoms with Crippen LogP contribution in [-0.2, 0) is 0 Å². The Balaban J connectivity index is 1.96. The molecule has 120 valence electrons. The second-order valence-electron chi connectivity index (χ2n) is 5.19. The number of carboxylic acids is 1. The van der Waals surface area contributed by atoms with E-state index < -0.39 is 23.2 Å². The van der Waals surface area contributed by atoms with Crippen molar-refractivity contribution in [3.63, 3.8) is 0 Å². The van der Waals surface area contributed by atoms with Gasteiger partial charge in [0.1, 0.15) is 0 Å². The molecule has 6 heteroatoms. The summed E-state index contributed by atoms with van der Waals surface area (Å²) in [5.74, 6) is -2.44. The fraction of sp³-hybridized carbons (Fsp3) is 0. The zero-order valence-electron chi connectivity index (χ0n) is 12.3. The van der Waals surface area contributed by atoms with Gasteiger partial charge < -0.3 is 20.4 Å². The predicted octanol–water partition coefficient (Wildman–Crippen LogP) is 3.22. The zero-order valence-corrected chi connectivity index (χ0v) is 12.3. The minimum absolute atomic E-state index is 0.157. The summed E-state index contributed by atoms with van der Waals surface area (Å²) in [6.45, 7) is 0. The molecule has 1 aromatic heterocycles. The molecule has 4 N–H and O–H groups in total. The first-order valence-corrected chi connectivity index (χ1v) is 7.01. The molecule has 0 spiro atoms. The number of aromatic nitrogens is 1. The standard InChI is InChI=1S/C18H13NO5/c20-15-7-10(8-16(21)17(15)22)1-5-13-6-4-11-2-3-12(18(23)24)9-14(11)19-13/h1-9,20-22H,(H,23,24). The normalized spacial score (nSPS) is 11.2. The van der Waals surface area contributed by atoms with E-state index in [2.05, 4.69) is 4.98 Å². The van der Waals surface area contributed by atoms with Crippen molar-refractivity contribution >= 4 is 29.0 Å². The largest absolute Gasteiger partial charge is 0.504 e. The van der Waals surface area contributed by atoms with E-state index >= 15 is 0 Å². The van der Waals surface area contributed by atoms with Crippen molar-refractivity contribution in [1.82, 2.24) is 4.98 Å². The number of aromatic carboxylic acids is 1. The van der Waals surface area contributed by atoms with Gasteiger partial charge in [0.15, 0.2) is 17.2 Å². The molecule has 0 radical (unpaired) electrons. The molecule has 0 bridgehead atoms. The van der Waals surface area contributed by atoms with Gasteiger partial charge in [-0.05, 0) is 42.0 Å². The first kappa shape index (κ1) is 15.4. The molecule has 0 saturated carbocycles. The van der Waals surface area contributed by atoms with Crippen molar-refractivity contribution in [3.8, 4) is 17.2 Å². The van der Waals surface area contributed by atoms with Gasteiger partial charge in [-0.15, -0.1) is 0 Å². The number of rotatable bonds is 3. The van der Waals surface area contributed by atoms with E-state index in [0.717, 1.165) is 5.39 Å². The number of fused-ring (bicyclic) bond motifs is 1. The number of carboxylic acid groups (broad SMARTS) is 1. The Bertz CT molecular complexity index is 955. The van der Waals surface area contributed by atoms with Gasteiger partial charge in [0.2, 0.25) is 0 Å². The molecule has 0 aliphatic heterocycles. The molecule has 0 aliphatic rings. The average Bonchev–Trinajstić information content (AvgIpc) is 2.56. The Morgan fingerprint density at radius 1 is 0.917 bits per heavy atom. The SMILES string of the molecule is O=C(O)c1ccc2ccc(C=Cc3cc(O)c(O)c(O)c3)nc2c1. The van der Waals surface area contributed by atoms with Crippen LogP contribution in [0.4, 0.5) is 0 Å². The summed E-state index contributed by atoms with van der Waals surface area (Å²) in [5.41, 5.74) is 1.76. The number of benzene rings is 2. The minimum Gasteiger partial charge on any atom is -0.504 e. The molecule has 3 rings (SSSR count). The number of phenols is 3. The molecule has 0 saturated heterocycles. The zero-order chi connectivity index (χ0) is 17.3. The van der Waals surface area contributed by atoms with E-state index in [1.807, 2.05) is 6.07 Å². The lowest BCUT2D eigenvalue weighted by atomic mass is 10.1. The lowest BCUT2D eigenvalue weighted by molar-refractivity contribution is 0.0697. The Labute approximate surface area is 136 Å². The van der Waals surface area contributed by atoms with Gasteiger partial charge in [0.05, 0.1) is 16.8 Å². The van der Waals surface area contributed by atoms with Crippen molar-refractivity contribution in [3.05, 3.63) is 59.3 Å². The molecule has 24 heavy (non-hydrogen) atoms. The number of hydrogen-bond donors (Lipinski definition) is 4. The molecule has 6 nitrogen and oxygen atoms in total. The van der Waals surface area contributed by atoms with Crippen molar-refractivity contribution in [2.24, 2.45) is 0 Å². The molecular formula is C18H13NO5. The average molecular weight is 323 g/mol. The Morgan fingerprint density at radius 3 is 2.25 bits per heavy atom. The third kappa shape index (κ3) is 2.98. The van der Waals surface area contributed by atoms with E-state index in [0.29, 0.717) is 16.8 Å². The maximum Gasteiger partial charge on any atom is 0.335 e. The van der Waals surface area contributed by atoms with Crippen LogP contribution in [0.25, 0.3) is 23.1 Å². The molecule has 2 aromatic carbocycles. The lowest BCUT2D eigenvalue weighted by Gasteiger charge is -2.03. The highest BCUT2D eigenvalue weighted by atomic mass is 16.4. The van der Waals surface area contributed by atoms with Crippen molar-refractivity contribution < 1.29 is 25.2 Å². The molecule has 3 aromatic rings. The Morgan fingerprint density at radius 2 is 1.58 bits per heavy atom. The summed E-state index contributed by atoms with van der Waals surface area (Å²) in [7, 11) is 0. The van der Waals surface area contributed by atoms with E-state index in [4.69, 9.17) is 5.11 Å². The van der Waals surface area contributed by atoms with Crippen LogP contribution in [0.3, 0.4) is 0 Å². The second-order valence-corrected chi connectivity index (χ2v) is 5.19. The molecule has 0 atom stereocenters. The van der Waals surface area contributed by atoms with Gasteiger partial charge in [-0.2, -0.15) is 0 Å². The maximum absolute atomic E-state index is 11.0. The van der Waals surface area contributed by atoms with Crippen molar-refractivity contribution in [2.45, 2.75) is 0 Å². The third-order valence-electron chi connectivity index (χ3n) is 3.50. The minimum atomic E-state index is -1.02. The first-order chi connectivity index (χ1) is 11.4. The second kappa shape index (κ2) is 5.92. The van der Waals surface area contributed by atoms with E-state index in [1.165, 1.54) is 24.3 Å². The van der Waals surface area contributed by atoms with Crippen LogP contribution >= 0.6 is 0 Å². The molecule has 0 unspecified atom stereocenters. The lowest BCUT2D eigenvalue weighted by Crippen LogP contribution is -1.96. The molecule has 0 fully saturated rings. The van der Waals surface area contributed by atoms with E-state index in [9.17, 15) is 20.1 Å². The van der Waals surface area contributed by atoms with Crippen LogP contribution < -0.4 is 0 Å². The monoisotopic (exact) mass is 323 g/mol. The quantitative estimate of drug-likeness (QED) is 0.551. The smallest absolute Gasteiger partial charge is 0.335 e. The van der Waals surface area contributed by atoms with Gasteiger partial charge in [0, 0.05) is 5.39 Å². The number of phenolic OH excluding ortho intramolecular Hbond substituents is 3. The maximum atomic E-state index is 11.0. The molecular weight excluding hydrogens is 310 g/mol. The van der Waals surface area contributed by atoms with Crippen LogP contribution in [-0.4, -0.2) is 31.4 Å². The summed E-state index contributed by atoms with van der Waals surface area (Å²) < 4.78 is 0. The molecule has 0 amide bonds. The summed E-state index contributed by atoms with van der Waals surface area (Å²) >= 11 is 0. The first-order valence-electron chi connectivity index (χ1n) is 7.01. The number of nitrogens with zero attached hydrogens (tertiary/aromatic N) is 1. The topological polar surface area (TPSA) is 111 Å². The van der Waals surface area contributed by atoms with Gasteiger partial charge in [0.25, 0.3) is 0 Å². The summed E-state index contributed by atoms with van der Waals surface area (Å²) in [5, 5.41) is 38.1. The fourth-order valence-corrected chi connectivity index (χ4v) is 2.26.